The van der Waals surface area contributed by atoms with E-state index in [-0.39, 0.29) is 5.41 Å². The van der Waals surface area contributed by atoms with Crippen molar-refractivity contribution in [2.75, 3.05) is 6.54 Å². The van der Waals surface area contributed by atoms with Crippen molar-refractivity contribution >= 4 is 0 Å². The molecule has 2 fully saturated rings. The average Bonchev–Trinajstić information content (AvgIpc) is 2.24. The summed E-state index contributed by atoms with van der Waals surface area (Å²) in [5, 5.41) is 0. The molecule has 2 N–H and O–H groups in total. The van der Waals surface area contributed by atoms with Crippen molar-refractivity contribution in [1.82, 2.24) is 0 Å². The standard InChI is InChI=1S/C15H21NO/c16-11-15(9-4-10-15)13-7-1-2-8-14(13)17-12-5-3-6-12/h1-2,7-8,12H,3-6,9-11,16H2. The highest BCUT2D eigenvalue weighted by Gasteiger charge is 2.39. The Morgan fingerprint density at radius 2 is 1.94 bits per heavy atom. The van der Waals surface area contributed by atoms with Gasteiger partial charge in [-0.2, -0.15) is 0 Å². The third kappa shape index (κ3) is 1.85. The van der Waals surface area contributed by atoms with Gasteiger partial charge in [0.25, 0.3) is 0 Å². The van der Waals surface area contributed by atoms with Gasteiger partial charge < -0.3 is 10.5 Å². The molecule has 2 aliphatic carbocycles. The molecule has 2 aliphatic rings. The van der Waals surface area contributed by atoms with E-state index in [1.54, 1.807) is 0 Å². The molecule has 0 aliphatic heterocycles. The molecule has 0 amide bonds. The minimum absolute atomic E-state index is 0.209. The van der Waals surface area contributed by atoms with Gasteiger partial charge in [-0.15, -0.1) is 0 Å². The smallest absolute Gasteiger partial charge is 0.123 e. The quantitative estimate of drug-likeness (QED) is 0.864. The molecular formula is C15H21NO. The number of nitrogens with two attached hydrogens (primary N) is 1. The van der Waals surface area contributed by atoms with Gasteiger partial charge in [0.1, 0.15) is 5.75 Å². The first-order valence-corrected chi connectivity index (χ1v) is 6.80. The van der Waals surface area contributed by atoms with E-state index in [4.69, 9.17) is 10.5 Å². The molecule has 0 atom stereocenters. The average molecular weight is 231 g/mol. The summed E-state index contributed by atoms with van der Waals surface area (Å²) in [4.78, 5) is 0. The minimum atomic E-state index is 0.209. The maximum Gasteiger partial charge on any atom is 0.123 e. The van der Waals surface area contributed by atoms with Gasteiger partial charge in [0.15, 0.2) is 0 Å². The molecule has 0 aromatic heterocycles. The van der Waals surface area contributed by atoms with Crippen molar-refractivity contribution < 1.29 is 4.74 Å². The van der Waals surface area contributed by atoms with Crippen LogP contribution in [-0.2, 0) is 5.41 Å². The van der Waals surface area contributed by atoms with Gasteiger partial charge in [-0.1, -0.05) is 24.6 Å². The topological polar surface area (TPSA) is 35.2 Å². The van der Waals surface area contributed by atoms with Gasteiger partial charge in [0.2, 0.25) is 0 Å². The molecule has 0 unspecified atom stereocenters. The summed E-state index contributed by atoms with van der Waals surface area (Å²) in [5.74, 6) is 1.09. The Hall–Kier alpha value is -1.02. The predicted octanol–water partition coefficient (Wildman–Crippen LogP) is 3.00. The van der Waals surface area contributed by atoms with Crippen LogP contribution >= 0.6 is 0 Å². The molecule has 1 aromatic carbocycles. The first-order valence-electron chi connectivity index (χ1n) is 6.80. The van der Waals surface area contributed by atoms with Crippen molar-refractivity contribution in [2.45, 2.75) is 50.0 Å². The number of hydrogen-bond donors (Lipinski definition) is 1. The SMILES string of the molecule is NCC1(c2ccccc2OC2CCC2)CCC1. The molecule has 2 heteroatoms. The van der Waals surface area contributed by atoms with Crippen molar-refractivity contribution in [3.05, 3.63) is 29.8 Å². The van der Waals surface area contributed by atoms with Crippen molar-refractivity contribution in [1.29, 1.82) is 0 Å². The molecule has 0 spiro atoms. The van der Waals surface area contributed by atoms with Crippen LogP contribution in [0.25, 0.3) is 0 Å². The van der Waals surface area contributed by atoms with Crippen LogP contribution in [0.15, 0.2) is 24.3 Å². The van der Waals surface area contributed by atoms with E-state index >= 15 is 0 Å². The second-order valence-corrected chi connectivity index (χ2v) is 5.50. The zero-order valence-corrected chi connectivity index (χ0v) is 10.3. The fraction of sp³-hybridized carbons (Fsp3) is 0.600. The molecule has 0 radical (unpaired) electrons. The van der Waals surface area contributed by atoms with Crippen LogP contribution in [0.4, 0.5) is 0 Å². The summed E-state index contributed by atoms with van der Waals surface area (Å²) in [6.45, 7) is 0.748. The maximum absolute atomic E-state index is 6.11. The molecule has 92 valence electrons. The first kappa shape index (κ1) is 11.1. The van der Waals surface area contributed by atoms with Crippen molar-refractivity contribution in [3.8, 4) is 5.75 Å². The molecule has 0 saturated heterocycles. The first-order chi connectivity index (χ1) is 8.34. The summed E-state index contributed by atoms with van der Waals surface area (Å²) >= 11 is 0. The number of ether oxygens (including phenoxy) is 1. The Bertz CT molecular complexity index is 388. The lowest BCUT2D eigenvalue weighted by molar-refractivity contribution is 0.114. The molecule has 0 heterocycles. The van der Waals surface area contributed by atoms with Gasteiger partial charge in [-0.3, -0.25) is 0 Å². The van der Waals surface area contributed by atoms with Crippen LogP contribution in [0, 0.1) is 0 Å². The van der Waals surface area contributed by atoms with Crippen LogP contribution in [0.3, 0.4) is 0 Å². The van der Waals surface area contributed by atoms with Gasteiger partial charge in [0, 0.05) is 17.5 Å². The Morgan fingerprint density at radius 3 is 2.47 bits per heavy atom. The lowest BCUT2D eigenvalue weighted by Gasteiger charge is -2.43. The van der Waals surface area contributed by atoms with E-state index in [2.05, 4.69) is 24.3 Å². The Labute approximate surface area is 103 Å². The molecule has 2 nitrogen and oxygen atoms in total. The summed E-state index contributed by atoms with van der Waals surface area (Å²) in [5.41, 5.74) is 7.55. The zero-order valence-electron chi connectivity index (χ0n) is 10.3. The summed E-state index contributed by atoms with van der Waals surface area (Å²) in [6, 6.07) is 8.50. The maximum atomic E-state index is 6.11. The van der Waals surface area contributed by atoms with E-state index in [1.165, 1.54) is 44.1 Å². The zero-order chi connectivity index (χ0) is 11.7. The Morgan fingerprint density at radius 1 is 1.18 bits per heavy atom. The van der Waals surface area contributed by atoms with Gasteiger partial charge in [-0.05, 0) is 38.2 Å². The molecule has 0 bridgehead atoms. The number of rotatable bonds is 4. The summed E-state index contributed by atoms with van der Waals surface area (Å²) < 4.78 is 6.11. The minimum Gasteiger partial charge on any atom is -0.490 e. The van der Waals surface area contributed by atoms with Crippen LogP contribution < -0.4 is 10.5 Å². The second kappa shape index (κ2) is 4.34. The number of hydrogen-bond acceptors (Lipinski definition) is 2. The number of para-hydroxylation sites is 1. The van der Waals surface area contributed by atoms with E-state index in [0.717, 1.165) is 12.3 Å². The largest absolute Gasteiger partial charge is 0.490 e. The van der Waals surface area contributed by atoms with Gasteiger partial charge in [0.05, 0.1) is 6.10 Å². The van der Waals surface area contributed by atoms with Crippen LogP contribution in [0.2, 0.25) is 0 Å². The van der Waals surface area contributed by atoms with E-state index in [0.29, 0.717) is 6.10 Å². The number of benzene rings is 1. The van der Waals surface area contributed by atoms with Gasteiger partial charge >= 0.3 is 0 Å². The molecule has 1 aromatic rings. The van der Waals surface area contributed by atoms with E-state index in [9.17, 15) is 0 Å². The fourth-order valence-corrected chi connectivity index (χ4v) is 2.86. The molecular weight excluding hydrogens is 210 g/mol. The van der Waals surface area contributed by atoms with Crippen molar-refractivity contribution in [2.24, 2.45) is 5.73 Å². The van der Waals surface area contributed by atoms with E-state index < -0.39 is 0 Å². The van der Waals surface area contributed by atoms with E-state index in [1.807, 2.05) is 0 Å². The monoisotopic (exact) mass is 231 g/mol. The predicted molar refractivity (Wildman–Crippen MR) is 69.3 cm³/mol. The molecule has 17 heavy (non-hydrogen) atoms. The lowest BCUT2D eigenvalue weighted by Crippen LogP contribution is -2.42. The van der Waals surface area contributed by atoms with Gasteiger partial charge in [-0.25, -0.2) is 0 Å². The molecule has 2 saturated carbocycles. The highest BCUT2D eigenvalue weighted by molar-refractivity contribution is 5.41. The van der Waals surface area contributed by atoms with Crippen molar-refractivity contribution in [3.63, 3.8) is 0 Å². The summed E-state index contributed by atoms with van der Waals surface area (Å²) in [6.07, 6.45) is 7.92. The second-order valence-electron chi connectivity index (χ2n) is 5.50. The fourth-order valence-electron chi connectivity index (χ4n) is 2.86. The summed E-state index contributed by atoms with van der Waals surface area (Å²) in [7, 11) is 0. The van der Waals surface area contributed by atoms with Crippen LogP contribution in [-0.4, -0.2) is 12.6 Å². The third-order valence-electron chi connectivity index (χ3n) is 4.51. The third-order valence-corrected chi connectivity index (χ3v) is 4.51. The van der Waals surface area contributed by atoms with Crippen LogP contribution in [0.5, 0.6) is 5.75 Å². The van der Waals surface area contributed by atoms with Crippen LogP contribution in [0.1, 0.15) is 44.1 Å². The Kier molecular flexibility index (Phi) is 2.83. The lowest BCUT2D eigenvalue weighted by atomic mass is 9.64. The molecule has 3 rings (SSSR count). The Balaban J connectivity index is 1.86. The normalized spacial score (nSPS) is 22.6. The highest BCUT2D eigenvalue weighted by Crippen LogP contribution is 2.46. The highest BCUT2D eigenvalue weighted by atomic mass is 16.5.